The third kappa shape index (κ3) is 5.63. The van der Waals surface area contributed by atoms with Gasteiger partial charge in [0.25, 0.3) is 0 Å². The van der Waals surface area contributed by atoms with Gasteiger partial charge in [0.05, 0.1) is 0 Å². The summed E-state index contributed by atoms with van der Waals surface area (Å²) in [5.41, 5.74) is 4.89. The van der Waals surface area contributed by atoms with Crippen LogP contribution in [0.1, 0.15) is 25.3 Å². The maximum absolute atomic E-state index is 13.4. The molecule has 3 nitrogen and oxygen atoms in total. The van der Waals surface area contributed by atoms with Gasteiger partial charge in [-0.1, -0.05) is 24.8 Å². The molecule has 0 aliphatic carbocycles. The van der Waals surface area contributed by atoms with Crippen molar-refractivity contribution in [1.82, 2.24) is 10.3 Å². The molecule has 1 fully saturated rings. The molecule has 1 aromatic heterocycles. The fraction of sp³-hybridized carbons (Fsp3) is 0.261. The lowest BCUT2D eigenvalue weighted by atomic mass is 9.89. The van der Waals surface area contributed by atoms with Crippen molar-refractivity contribution in [1.29, 1.82) is 0 Å². The van der Waals surface area contributed by atoms with Crippen LogP contribution in [-0.2, 0) is 0 Å². The highest BCUT2D eigenvalue weighted by molar-refractivity contribution is 5.73. The first-order valence-corrected chi connectivity index (χ1v) is 9.34. The van der Waals surface area contributed by atoms with E-state index in [1.54, 1.807) is 12.3 Å². The summed E-state index contributed by atoms with van der Waals surface area (Å²) in [5, 5.41) is 6.76. The predicted octanol–water partition coefficient (Wildman–Crippen LogP) is 5.18. The Hall–Kier alpha value is -2.72. The Bertz CT molecular complexity index is 834. The molecule has 3 rings (SSSR count). The molecular formula is C23H26FN3. The predicted molar refractivity (Wildman–Crippen MR) is 111 cm³/mol. The second kappa shape index (κ2) is 9.28. The number of anilines is 1. The van der Waals surface area contributed by atoms with Crippen molar-refractivity contribution in [2.45, 2.75) is 19.8 Å². The van der Waals surface area contributed by atoms with E-state index in [-0.39, 0.29) is 5.82 Å². The van der Waals surface area contributed by atoms with Crippen LogP contribution >= 0.6 is 0 Å². The third-order valence-corrected chi connectivity index (χ3v) is 4.69. The molecule has 4 heteroatoms. The van der Waals surface area contributed by atoms with Crippen LogP contribution in [0.3, 0.4) is 0 Å². The number of halogens is 1. The number of aromatic nitrogens is 1. The fourth-order valence-corrected chi connectivity index (χ4v) is 3.33. The van der Waals surface area contributed by atoms with E-state index in [0.717, 1.165) is 48.5 Å². The Balaban J connectivity index is 1.84. The van der Waals surface area contributed by atoms with Gasteiger partial charge in [-0.2, -0.15) is 0 Å². The third-order valence-electron chi connectivity index (χ3n) is 4.69. The minimum atomic E-state index is -0.245. The van der Waals surface area contributed by atoms with Crippen molar-refractivity contribution in [3.8, 4) is 0 Å². The first-order chi connectivity index (χ1) is 13.1. The molecule has 1 unspecified atom stereocenters. The van der Waals surface area contributed by atoms with Crippen molar-refractivity contribution < 1.29 is 4.39 Å². The van der Waals surface area contributed by atoms with E-state index in [1.807, 2.05) is 31.3 Å². The van der Waals surface area contributed by atoms with Crippen molar-refractivity contribution in [3.63, 3.8) is 0 Å². The molecule has 2 aromatic rings. The van der Waals surface area contributed by atoms with Gasteiger partial charge in [0.2, 0.25) is 0 Å². The molecule has 0 saturated carbocycles. The summed E-state index contributed by atoms with van der Waals surface area (Å²) in [6, 6.07) is 10.4. The van der Waals surface area contributed by atoms with Crippen LogP contribution in [0.5, 0.6) is 0 Å². The Kier molecular flexibility index (Phi) is 6.55. The average Bonchev–Trinajstić information content (AvgIpc) is 2.69. The van der Waals surface area contributed by atoms with Gasteiger partial charge >= 0.3 is 0 Å². The van der Waals surface area contributed by atoms with Gasteiger partial charge in [0.1, 0.15) is 5.82 Å². The largest absolute Gasteiger partial charge is 0.359 e. The molecule has 0 radical (unpaired) electrons. The molecule has 1 saturated heterocycles. The number of pyridine rings is 1. The van der Waals surface area contributed by atoms with Gasteiger partial charge < -0.3 is 10.6 Å². The lowest BCUT2D eigenvalue weighted by Crippen LogP contribution is -2.30. The van der Waals surface area contributed by atoms with E-state index in [2.05, 4.69) is 34.3 Å². The van der Waals surface area contributed by atoms with Gasteiger partial charge in [0.15, 0.2) is 0 Å². The van der Waals surface area contributed by atoms with Crippen LogP contribution < -0.4 is 10.6 Å². The van der Waals surface area contributed by atoms with Gasteiger partial charge in [0, 0.05) is 30.3 Å². The van der Waals surface area contributed by atoms with Crippen LogP contribution in [0.4, 0.5) is 10.1 Å². The van der Waals surface area contributed by atoms with E-state index in [1.165, 1.54) is 17.7 Å². The zero-order valence-corrected chi connectivity index (χ0v) is 15.7. The standard InChI is InChI=1S/C23H26FN3/c1-17(19-6-4-10-25-15-19)12-21(20-7-5-11-26-16-20)13-18(2)27-23-9-3-8-22(24)14-23/h3-4,6,8-10,12-15,20,26-27H,1,5,7,11,16H2,2H3/b18-13+,21-12+. The van der Waals surface area contributed by atoms with Gasteiger partial charge in [-0.15, -0.1) is 0 Å². The van der Waals surface area contributed by atoms with Crippen molar-refractivity contribution in [2.24, 2.45) is 5.92 Å². The number of hydrogen-bond donors (Lipinski definition) is 2. The molecule has 2 heterocycles. The molecule has 0 spiro atoms. The Morgan fingerprint density at radius 2 is 2.19 bits per heavy atom. The Morgan fingerprint density at radius 3 is 2.89 bits per heavy atom. The van der Waals surface area contributed by atoms with Crippen LogP contribution in [0, 0.1) is 11.7 Å². The quantitative estimate of drug-likeness (QED) is 0.695. The summed E-state index contributed by atoms with van der Waals surface area (Å²) < 4.78 is 13.4. The molecule has 1 atom stereocenters. The first kappa shape index (κ1) is 19.1. The van der Waals surface area contributed by atoms with Crippen LogP contribution in [-0.4, -0.2) is 18.1 Å². The zero-order chi connectivity index (χ0) is 19.1. The van der Waals surface area contributed by atoms with E-state index >= 15 is 0 Å². The van der Waals surface area contributed by atoms with E-state index in [4.69, 9.17) is 0 Å². The van der Waals surface area contributed by atoms with E-state index in [9.17, 15) is 4.39 Å². The summed E-state index contributed by atoms with van der Waals surface area (Å²) >= 11 is 0. The molecule has 1 aliphatic heterocycles. The van der Waals surface area contributed by atoms with E-state index < -0.39 is 0 Å². The number of nitrogens with one attached hydrogen (secondary N) is 2. The van der Waals surface area contributed by atoms with Crippen molar-refractivity contribution in [2.75, 3.05) is 18.4 Å². The zero-order valence-electron chi connectivity index (χ0n) is 15.7. The number of nitrogens with zero attached hydrogens (tertiary/aromatic N) is 1. The summed E-state index contributed by atoms with van der Waals surface area (Å²) in [5.74, 6) is 0.182. The normalized spacial score (nSPS) is 18.2. The average molecular weight is 363 g/mol. The Morgan fingerprint density at radius 1 is 1.30 bits per heavy atom. The number of hydrogen-bond acceptors (Lipinski definition) is 3. The summed E-state index contributed by atoms with van der Waals surface area (Å²) in [6.07, 6.45) is 10.2. The number of benzene rings is 1. The number of allylic oxidation sites excluding steroid dienone is 4. The van der Waals surface area contributed by atoms with Crippen LogP contribution in [0.2, 0.25) is 0 Å². The fourth-order valence-electron chi connectivity index (χ4n) is 3.33. The second-order valence-corrected chi connectivity index (χ2v) is 6.92. The minimum absolute atomic E-state index is 0.245. The van der Waals surface area contributed by atoms with Gasteiger partial charge in [-0.25, -0.2) is 4.39 Å². The SMILES string of the molecule is C=C(/C=C(\C=C(/C)Nc1cccc(F)c1)C1CCCNC1)c1cccnc1. The number of piperidine rings is 1. The summed E-state index contributed by atoms with van der Waals surface area (Å²) in [7, 11) is 0. The maximum atomic E-state index is 13.4. The molecule has 1 aromatic carbocycles. The minimum Gasteiger partial charge on any atom is -0.359 e. The molecule has 2 N–H and O–H groups in total. The lowest BCUT2D eigenvalue weighted by molar-refractivity contribution is 0.427. The monoisotopic (exact) mass is 363 g/mol. The molecule has 1 aliphatic rings. The van der Waals surface area contributed by atoms with Gasteiger partial charge in [-0.3, -0.25) is 4.98 Å². The smallest absolute Gasteiger partial charge is 0.125 e. The van der Waals surface area contributed by atoms with E-state index in [0.29, 0.717) is 5.92 Å². The molecular weight excluding hydrogens is 337 g/mol. The molecule has 140 valence electrons. The van der Waals surface area contributed by atoms with Gasteiger partial charge in [-0.05, 0) is 79.3 Å². The first-order valence-electron chi connectivity index (χ1n) is 9.34. The molecule has 0 bridgehead atoms. The highest BCUT2D eigenvalue weighted by Crippen LogP contribution is 2.26. The highest BCUT2D eigenvalue weighted by Gasteiger charge is 2.17. The summed E-state index contributed by atoms with van der Waals surface area (Å²) in [6.45, 7) is 8.25. The van der Waals surface area contributed by atoms with Crippen molar-refractivity contribution in [3.05, 3.63) is 90.2 Å². The van der Waals surface area contributed by atoms with Crippen LogP contribution in [0.15, 0.2) is 78.8 Å². The van der Waals surface area contributed by atoms with Crippen LogP contribution in [0.25, 0.3) is 5.57 Å². The Labute approximate surface area is 160 Å². The van der Waals surface area contributed by atoms with Crippen molar-refractivity contribution >= 4 is 11.3 Å². The highest BCUT2D eigenvalue weighted by atomic mass is 19.1. The topological polar surface area (TPSA) is 37.0 Å². The number of rotatable bonds is 6. The molecule has 27 heavy (non-hydrogen) atoms. The molecule has 0 amide bonds. The maximum Gasteiger partial charge on any atom is 0.125 e. The second-order valence-electron chi connectivity index (χ2n) is 6.92. The lowest BCUT2D eigenvalue weighted by Gasteiger charge is -2.25. The summed E-state index contributed by atoms with van der Waals surface area (Å²) in [4.78, 5) is 4.18.